The summed E-state index contributed by atoms with van der Waals surface area (Å²) in [5.74, 6) is -1.36. The first kappa shape index (κ1) is 22.2. The number of hydrogen-bond acceptors (Lipinski definition) is 2. The molecule has 3 aromatic rings. The average Bonchev–Trinajstić information content (AvgIpc) is 2.77. The number of carbonyl (C=O) groups is 2. The van der Waals surface area contributed by atoms with E-state index in [2.05, 4.69) is 5.32 Å². The molecule has 0 fully saturated rings. The van der Waals surface area contributed by atoms with Gasteiger partial charge in [-0.2, -0.15) is 0 Å². The predicted molar refractivity (Wildman–Crippen MR) is 117 cm³/mol. The second-order valence-electron chi connectivity index (χ2n) is 7.22. The van der Waals surface area contributed by atoms with E-state index in [0.29, 0.717) is 12.2 Å². The number of amides is 2. The summed E-state index contributed by atoms with van der Waals surface area (Å²) in [5, 5.41) is 2.83. The smallest absolute Gasteiger partial charge is 0.258 e. The fraction of sp³-hybridized carbons (Fsp3) is 0.200. The average molecular weight is 422 g/mol. The summed E-state index contributed by atoms with van der Waals surface area (Å²) in [4.78, 5) is 26.8. The minimum atomic E-state index is -0.506. The lowest BCUT2D eigenvalue weighted by atomic mass is 10.1. The number of rotatable bonds is 8. The molecule has 0 aliphatic heterocycles. The van der Waals surface area contributed by atoms with Gasteiger partial charge in [0, 0.05) is 17.8 Å². The highest BCUT2D eigenvalue weighted by Gasteiger charge is 2.19. The Balaban J connectivity index is 1.92. The Morgan fingerprint density at radius 3 is 2.32 bits per heavy atom. The van der Waals surface area contributed by atoms with Crippen molar-refractivity contribution in [3.63, 3.8) is 0 Å². The minimum absolute atomic E-state index is 0.0967. The quantitative estimate of drug-likeness (QED) is 0.563. The SMILES string of the molecule is CCCNC(=O)Cc1cccc(N(Cc2ccc(F)cc2)C(=O)c2cccc(F)c2)c1. The van der Waals surface area contributed by atoms with Crippen LogP contribution in [-0.2, 0) is 17.8 Å². The van der Waals surface area contributed by atoms with Gasteiger partial charge in [0.25, 0.3) is 5.91 Å². The normalized spacial score (nSPS) is 10.5. The van der Waals surface area contributed by atoms with Gasteiger partial charge in [-0.1, -0.05) is 37.3 Å². The maximum atomic E-state index is 13.7. The highest BCUT2D eigenvalue weighted by Crippen LogP contribution is 2.22. The van der Waals surface area contributed by atoms with Crippen LogP contribution >= 0.6 is 0 Å². The third-order valence-electron chi connectivity index (χ3n) is 4.73. The highest BCUT2D eigenvalue weighted by molar-refractivity contribution is 6.06. The van der Waals surface area contributed by atoms with E-state index in [1.54, 1.807) is 36.4 Å². The fourth-order valence-corrected chi connectivity index (χ4v) is 3.18. The van der Waals surface area contributed by atoms with Crippen LogP contribution in [0.1, 0.15) is 34.8 Å². The van der Waals surface area contributed by atoms with Gasteiger partial charge in [-0.05, 0) is 60.0 Å². The van der Waals surface area contributed by atoms with Gasteiger partial charge in [0.2, 0.25) is 5.91 Å². The zero-order chi connectivity index (χ0) is 22.2. The standard InChI is InChI=1S/C25H24F2N2O2/c1-2-13-28-24(30)15-19-5-3-8-23(14-19)29(17-18-9-11-21(26)12-10-18)25(31)20-6-4-7-22(27)16-20/h3-12,14,16H,2,13,15,17H2,1H3,(H,28,30). The van der Waals surface area contributed by atoms with E-state index < -0.39 is 11.7 Å². The summed E-state index contributed by atoms with van der Waals surface area (Å²) in [5.41, 5.74) is 2.24. The Morgan fingerprint density at radius 2 is 1.61 bits per heavy atom. The summed E-state index contributed by atoms with van der Waals surface area (Å²) in [6.45, 7) is 2.75. The molecule has 2 amide bonds. The molecular weight excluding hydrogens is 398 g/mol. The Hall–Kier alpha value is -3.54. The van der Waals surface area contributed by atoms with Crippen LogP contribution in [0.3, 0.4) is 0 Å². The molecule has 3 aromatic carbocycles. The number of carbonyl (C=O) groups excluding carboxylic acids is 2. The zero-order valence-electron chi connectivity index (χ0n) is 17.3. The lowest BCUT2D eigenvalue weighted by molar-refractivity contribution is -0.120. The molecule has 0 unspecified atom stereocenters. The maximum Gasteiger partial charge on any atom is 0.258 e. The topological polar surface area (TPSA) is 49.4 Å². The van der Waals surface area contributed by atoms with Crippen LogP contribution < -0.4 is 10.2 Å². The third-order valence-corrected chi connectivity index (χ3v) is 4.73. The van der Waals surface area contributed by atoms with Gasteiger partial charge in [-0.3, -0.25) is 9.59 Å². The van der Waals surface area contributed by atoms with Crippen molar-refractivity contribution >= 4 is 17.5 Å². The summed E-state index contributed by atoms with van der Waals surface area (Å²) in [7, 11) is 0. The largest absolute Gasteiger partial charge is 0.356 e. The zero-order valence-corrected chi connectivity index (χ0v) is 17.3. The number of nitrogens with one attached hydrogen (secondary N) is 1. The molecule has 0 radical (unpaired) electrons. The number of anilines is 1. The molecule has 0 atom stereocenters. The molecule has 4 nitrogen and oxygen atoms in total. The number of nitrogens with zero attached hydrogens (tertiary/aromatic N) is 1. The molecular formula is C25H24F2N2O2. The minimum Gasteiger partial charge on any atom is -0.356 e. The van der Waals surface area contributed by atoms with E-state index in [9.17, 15) is 18.4 Å². The Kier molecular flexibility index (Phi) is 7.49. The third kappa shape index (κ3) is 6.22. The molecule has 31 heavy (non-hydrogen) atoms. The molecule has 6 heteroatoms. The van der Waals surface area contributed by atoms with Crippen molar-refractivity contribution in [2.45, 2.75) is 26.3 Å². The lowest BCUT2D eigenvalue weighted by Gasteiger charge is -2.24. The molecule has 0 heterocycles. The molecule has 0 saturated carbocycles. The first-order chi connectivity index (χ1) is 15.0. The second kappa shape index (κ2) is 10.5. The number of halogens is 2. The number of benzene rings is 3. The Bertz CT molecular complexity index is 1050. The Labute approximate surface area is 180 Å². The van der Waals surface area contributed by atoms with Gasteiger partial charge < -0.3 is 10.2 Å². The van der Waals surface area contributed by atoms with Crippen LogP contribution in [0.4, 0.5) is 14.5 Å². The van der Waals surface area contributed by atoms with Crippen LogP contribution in [0.2, 0.25) is 0 Å². The van der Waals surface area contributed by atoms with Crippen molar-refractivity contribution in [1.82, 2.24) is 5.32 Å². The molecule has 160 valence electrons. The Morgan fingerprint density at radius 1 is 0.871 bits per heavy atom. The fourth-order valence-electron chi connectivity index (χ4n) is 3.18. The van der Waals surface area contributed by atoms with E-state index in [1.165, 1.54) is 35.2 Å². The van der Waals surface area contributed by atoms with Crippen LogP contribution in [0.15, 0.2) is 72.8 Å². The molecule has 1 N–H and O–H groups in total. The molecule has 0 saturated heterocycles. The van der Waals surface area contributed by atoms with Gasteiger partial charge in [-0.15, -0.1) is 0 Å². The molecule has 0 aliphatic carbocycles. The predicted octanol–water partition coefficient (Wildman–Crippen LogP) is 4.88. The van der Waals surface area contributed by atoms with E-state index in [4.69, 9.17) is 0 Å². The lowest BCUT2D eigenvalue weighted by Crippen LogP contribution is -2.31. The van der Waals surface area contributed by atoms with Crippen molar-refractivity contribution in [3.05, 3.63) is 101 Å². The van der Waals surface area contributed by atoms with Crippen LogP contribution in [0.25, 0.3) is 0 Å². The van der Waals surface area contributed by atoms with E-state index in [1.807, 2.05) is 13.0 Å². The van der Waals surface area contributed by atoms with Crippen molar-refractivity contribution < 1.29 is 18.4 Å². The van der Waals surface area contributed by atoms with Crippen LogP contribution in [0.5, 0.6) is 0 Å². The van der Waals surface area contributed by atoms with Crippen LogP contribution in [0, 0.1) is 11.6 Å². The summed E-state index contributed by atoms with van der Waals surface area (Å²) in [6, 6.07) is 18.5. The molecule has 0 aliphatic rings. The van der Waals surface area contributed by atoms with Crippen molar-refractivity contribution in [2.24, 2.45) is 0 Å². The number of hydrogen-bond donors (Lipinski definition) is 1. The molecule has 0 spiro atoms. The van der Waals surface area contributed by atoms with Crippen molar-refractivity contribution in [1.29, 1.82) is 0 Å². The van der Waals surface area contributed by atoms with Crippen molar-refractivity contribution in [2.75, 3.05) is 11.4 Å². The molecule has 0 aromatic heterocycles. The second-order valence-corrected chi connectivity index (χ2v) is 7.22. The van der Waals surface area contributed by atoms with E-state index >= 15 is 0 Å². The first-order valence-corrected chi connectivity index (χ1v) is 10.1. The monoisotopic (exact) mass is 422 g/mol. The molecule has 3 rings (SSSR count). The van der Waals surface area contributed by atoms with Gasteiger partial charge >= 0.3 is 0 Å². The van der Waals surface area contributed by atoms with Gasteiger partial charge in [0.05, 0.1) is 13.0 Å². The van der Waals surface area contributed by atoms with Crippen molar-refractivity contribution in [3.8, 4) is 0 Å². The van der Waals surface area contributed by atoms with Crippen LogP contribution in [-0.4, -0.2) is 18.4 Å². The van der Waals surface area contributed by atoms with Gasteiger partial charge in [-0.25, -0.2) is 8.78 Å². The molecule has 0 bridgehead atoms. The highest BCUT2D eigenvalue weighted by atomic mass is 19.1. The van der Waals surface area contributed by atoms with E-state index in [-0.39, 0.29) is 30.3 Å². The summed E-state index contributed by atoms with van der Waals surface area (Å²) < 4.78 is 27.0. The van der Waals surface area contributed by atoms with E-state index in [0.717, 1.165) is 17.5 Å². The van der Waals surface area contributed by atoms with Gasteiger partial charge in [0.15, 0.2) is 0 Å². The first-order valence-electron chi connectivity index (χ1n) is 10.1. The maximum absolute atomic E-state index is 13.7. The summed E-state index contributed by atoms with van der Waals surface area (Å²) in [6.07, 6.45) is 1.03. The van der Waals surface area contributed by atoms with Gasteiger partial charge in [0.1, 0.15) is 11.6 Å². The summed E-state index contributed by atoms with van der Waals surface area (Å²) >= 11 is 0.